The Labute approximate surface area is 109 Å². The second kappa shape index (κ2) is 4.71. The number of carbonyl (C=O) groups is 1. The number of nitrogens with zero attached hydrogens (tertiary/aromatic N) is 1. The molecule has 1 atom stereocenters. The summed E-state index contributed by atoms with van der Waals surface area (Å²) >= 11 is 2.25. The fourth-order valence-corrected chi connectivity index (χ4v) is 2.22. The van der Waals surface area contributed by atoms with Crippen LogP contribution >= 0.6 is 22.6 Å². The molecule has 16 heavy (non-hydrogen) atoms. The number of β-amino-alcohol motifs (C(OH)–C–C–N with tert-alkyl or cyclic N) is 1. The van der Waals surface area contributed by atoms with Gasteiger partial charge in [0.15, 0.2) is 0 Å². The van der Waals surface area contributed by atoms with Gasteiger partial charge in [-0.2, -0.15) is 0 Å². The third-order valence-corrected chi connectivity index (χ3v) is 4.07. The van der Waals surface area contributed by atoms with E-state index in [-0.39, 0.29) is 12.0 Å². The summed E-state index contributed by atoms with van der Waals surface area (Å²) in [6.45, 7) is 3.12. The summed E-state index contributed by atoms with van der Waals surface area (Å²) < 4.78 is 1.16. The number of benzene rings is 1. The molecule has 0 spiro atoms. The molecule has 1 aromatic rings. The van der Waals surface area contributed by atoms with Crippen LogP contribution in [0.15, 0.2) is 18.2 Å². The number of amides is 1. The lowest BCUT2D eigenvalue weighted by molar-refractivity contribution is 0.0765. The summed E-state index contributed by atoms with van der Waals surface area (Å²) in [6, 6.07) is 5.71. The fourth-order valence-electron chi connectivity index (χ4n) is 1.89. The number of rotatable bonds is 1. The Kier molecular flexibility index (Phi) is 3.49. The highest BCUT2D eigenvalue weighted by atomic mass is 127. The summed E-state index contributed by atoms with van der Waals surface area (Å²) in [5.41, 5.74) is 1.83. The van der Waals surface area contributed by atoms with Crippen LogP contribution in [-0.4, -0.2) is 35.1 Å². The minimum atomic E-state index is -0.353. The molecule has 1 fully saturated rings. The van der Waals surface area contributed by atoms with E-state index in [2.05, 4.69) is 22.6 Å². The van der Waals surface area contributed by atoms with E-state index in [9.17, 15) is 9.90 Å². The number of aryl methyl sites for hydroxylation is 1. The van der Waals surface area contributed by atoms with Crippen molar-refractivity contribution in [2.75, 3.05) is 13.1 Å². The van der Waals surface area contributed by atoms with Crippen molar-refractivity contribution in [2.45, 2.75) is 19.4 Å². The van der Waals surface area contributed by atoms with E-state index >= 15 is 0 Å². The molecule has 0 saturated carbocycles. The van der Waals surface area contributed by atoms with E-state index in [4.69, 9.17) is 0 Å². The smallest absolute Gasteiger partial charge is 0.253 e. The van der Waals surface area contributed by atoms with Crippen molar-refractivity contribution >= 4 is 28.5 Å². The highest BCUT2D eigenvalue weighted by Gasteiger charge is 2.25. The number of hydrogen-bond acceptors (Lipinski definition) is 2. The zero-order chi connectivity index (χ0) is 11.7. The van der Waals surface area contributed by atoms with Crippen LogP contribution in [-0.2, 0) is 0 Å². The molecular weight excluding hydrogens is 317 g/mol. The Morgan fingerprint density at radius 3 is 2.88 bits per heavy atom. The molecule has 0 aliphatic carbocycles. The molecule has 3 nitrogen and oxygen atoms in total. The second-order valence-electron chi connectivity index (χ2n) is 4.16. The van der Waals surface area contributed by atoms with Crippen molar-refractivity contribution in [3.63, 3.8) is 0 Å². The third-order valence-electron chi connectivity index (χ3n) is 2.86. The first-order valence-electron chi connectivity index (χ1n) is 5.31. The van der Waals surface area contributed by atoms with Gasteiger partial charge >= 0.3 is 0 Å². The Morgan fingerprint density at radius 1 is 1.56 bits per heavy atom. The molecule has 4 heteroatoms. The van der Waals surface area contributed by atoms with Crippen molar-refractivity contribution in [1.82, 2.24) is 4.90 Å². The molecule has 1 aliphatic heterocycles. The van der Waals surface area contributed by atoms with Crippen molar-refractivity contribution in [1.29, 1.82) is 0 Å². The molecule has 2 rings (SSSR count). The minimum absolute atomic E-state index is 0.0241. The van der Waals surface area contributed by atoms with E-state index in [0.29, 0.717) is 25.1 Å². The van der Waals surface area contributed by atoms with E-state index in [1.165, 1.54) is 0 Å². The van der Waals surface area contributed by atoms with E-state index < -0.39 is 0 Å². The van der Waals surface area contributed by atoms with Gasteiger partial charge in [-0.05, 0) is 59.7 Å². The molecule has 1 aromatic carbocycles. The molecule has 1 heterocycles. The predicted octanol–water partition coefficient (Wildman–Crippen LogP) is 1.81. The maximum atomic E-state index is 12.1. The lowest BCUT2D eigenvalue weighted by Gasteiger charge is -2.15. The van der Waals surface area contributed by atoms with Crippen molar-refractivity contribution in [2.24, 2.45) is 0 Å². The molecule has 0 radical (unpaired) electrons. The van der Waals surface area contributed by atoms with Gasteiger partial charge in [0.25, 0.3) is 5.91 Å². The molecule has 0 unspecified atom stereocenters. The standard InChI is InChI=1S/C12H14INO2/c1-8-6-9(2-3-11(8)13)12(16)14-5-4-10(15)7-14/h2-3,6,10,15H,4-5,7H2,1H3/t10-/m0/s1. The summed E-state index contributed by atoms with van der Waals surface area (Å²) in [7, 11) is 0. The predicted molar refractivity (Wildman–Crippen MR) is 70.4 cm³/mol. The van der Waals surface area contributed by atoms with Gasteiger partial charge in [0.1, 0.15) is 0 Å². The molecular formula is C12H14INO2. The first-order valence-corrected chi connectivity index (χ1v) is 6.39. The summed E-state index contributed by atoms with van der Waals surface area (Å²) in [5, 5.41) is 9.40. The van der Waals surface area contributed by atoms with Gasteiger partial charge in [0.05, 0.1) is 6.10 Å². The van der Waals surface area contributed by atoms with Gasteiger partial charge in [0, 0.05) is 22.2 Å². The molecule has 1 aliphatic rings. The minimum Gasteiger partial charge on any atom is -0.391 e. The summed E-state index contributed by atoms with van der Waals surface area (Å²) in [6.07, 6.45) is 0.337. The van der Waals surface area contributed by atoms with Gasteiger partial charge in [-0.15, -0.1) is 0 Å². The Morgan fingerprint density at radius 2 is 2.31 bits per heavy atom. The monoisotopic (exact) mass is 331 g/mol. The maximum absolute atomic E-state index is 12.1. The molecule has 1 saturated heterocycles. The van der Waals surface area contributed by atoms with Crippen molar-refractivity contribution in [3.05, 3.63) is 32.9 Å². The molecule has 1 N–H and O–H groups in total. The van der Waals surface area contributed by atoms with Crippen molar-refractivity contribution in [3.8, 4) is 0 Å². The number of aliphatic hydroxyl groups is 1. The van der Waals surface area contributed by atoms with Crippen LogP contribution in [0.1, 0.15) is 22.3 Å². The topological polar surface area (TPSA) is 40.5 Å². The zero-order valence-corrected chi connectivity index (χ0v) is 11.3. The Hall–Kier alpha value is -0.620. The van der Waals surface area contributed by atoms with Crippen LogP contribution in [0, 0.1) is 10.5 Å². The molecule has 0 bridgehead atoms. The third kappa shape index (κ3) is 2.38. The van der Waals surface area contributed by atoms with Gasteiger partial charge in [-0.25, -0.2) is 0 Å². The fraction of sp³-hybridized carbons (Fsp3) is 0.417. The van der Waals surface area contributed by atoms with Gasteiger partial charge in [-0.3, -0.25) is 4.79 Å². The largest absolute Gasteiger partial charge is 0.391 e. The number of hydrogen-bond donors (Lipinski definition) is 1. The quantitative estimate of drug-likeness (QED) is 0.798. The Balaban J connectivity index is 2.18. The summed E-state index contributed by atoms with van der Waals surface area (Å²) in [4.78, 5) is 13.8. The number of halogens is 1. The van der Waals surface area contributed by atoms with Gasteiger partial charge in [-0.1, -0.05) is 0 Å². The maximum Gasteiger partial charge on any atom is 0.253 e. The van der Waals surface area contributed by atoms with E-state index in [1.807, 2.05) is 25.1 Å². The first-order chi connectivity index (χ1) is 7.58. The van der Waals surface area contributed by atoms with Crippen LogP contribution in [0.2, 0.25) is 0 Å². The van der Waals surface area contributed by atoms with Gasteiger partial charge in [0.2, 0.25) is 0 Å². The average Bonchev–Trinajstić information content (AvgIpc) is 2.68. The van der Waals surface area contributed by atoms with Crippen LogP contribution in [0.5, 0.6) is 0 Å². The average molecular weight is 331 g/mol. The van der Waals surface area contributed by atoms with Crippen molar-refractivity contribution < 1.29 is 9.90 Å². The normalized spacial score (nSPS) is 20.2. The van der Waals surface area contributed by atoms with Crippen LogP contribution in [0.25, 0.3) is 0 Å². The first kappa shape index (κ1) is 11.9. The molecule has 0 aromatic heterocycles. The van der Waals surface area contributed by atoms with Gasteiger partial charge < -0.3 is 10.0 Å². The lowest BCUT2D eigenvalue weighted by Crippen LogP contribution is -2.29. The lowest BCUT2D eigenvalue weighted by atomic mass is 10.1. The molecule has 1 amide bonds. The zero-order valence-electron chi connectivity index (χ0n) is 9.11. The molecule has 86 valence electrons. The summed E-state index contributed by atoms with van der Waals surface area (Å²) in [5.74, 6) is 0.0241. The van der Waals surface area contributed by atoms with E-state index in [1.54, 1.807) is 4.90 Å². The number of aliphatic hydroxyl groups excluding tert-OH is 1. The number of carbonyl (C=O) groups excluding carboxylic acids is 1. The second-order valence-corrected chi connectivity index (χ2v) is 5.32. The van der Waals surface area contributed by atoms with Crippen LogP contribution in [0.4, 0.5) is 0 Å². The van der Waals surface area contributed by atoms with Crippen LogP contribution in [0.3, 0.4) is 0 Å². The Bertz CT molecular complexity index is 419. The van der Waals surface area contributed by atoms with Crippen LogP contribution < -0.4 is 0 Å². The highest BCUT2D eigenvalue weighted by molar-refractivity contribution is 14.1. The number of likely N-dealkylation sites (tertiary alicyclic amines) is 1. The highest BCUT2D eigenvalue weighted by Crippen LogP contribution is 2.17. The van der Waals surface area contributed by atoms with E-state index in [0.717, 1.165) is 9.13 Å². The SMILES string of the molecule is Cc1cc(C(=O)N2CC[C@H](O)C2)ccc1I.